The molecular weight excluding hydrogens is 438 g/mol. The van der Waals surface area contributed by atoms with Gasteiger partial charge in [-0.05, 0) is 67.2 Å². The minimum atomic E-state index is -0.963. The molecule has 3 aromatic rings. The first kappa shape index (κ1) is 23.2. The average molecular weight is 472 g/mol. The van der Waals surface area contributed by atoms with E-state index in [1.807, 2.05) is 19.2 Å². The van der Waals surface area contributed by atoms with E-state index in [0.717, 1.165) is 35.5 Å². The largest absolute Gasteiger partial charge is 0.478 e. The summed E-state index contributed by atoms with van der Waals surface area (Å²) < 4.78 is 1.78. The van der Waals surface area contributed by atoms with Gasteiger partial charge in [0.25, 0.3) is 0 Å². The van der Waals surface area contributed by atoms with Gasteiger partial charge in [-0.25, -0.2) is 9.48 Å². The van der Waals surface area contributed by atoms with Crippen LogP contribution in [0.25, 0.3) is 16.8 Å². The second-order valence-electron chi connectivity index (χ2n) is 9.63. The van der Waals surface area contributed by atoms with E-state index in [0.29, 0.717) is 5.69 Å². The van der Waals surface area contributed by atoms with Crippen LogP contribution in [0.15, 0.2) is 66.6 Å². The third kappa shape index (κ3) is 4.95. The fourth-order valence-corrected chi connectivity index (χ4v) is 5.27. The van der Waals surface area contributed by atoms with Gasteiger partial charge in [-0.2, -0.15) is 5.10 Å². The summed E-state index contributed by atoms with van der Waals surface area (Å²) in [6.07, 6.45) is 7.95. The van der Waals surface area contributed by atoms with Crippen LogP contribution in [-0.2, 0) is 6.54 Å². The summed E-state index contributed by atoms with van der Waals surface area (Å²) in [5.74, 6) is -0.815. The minimum absolute atomic E-state index is 0.0322. The fourth-order valence-electron chi connectivity index (χ4n) is 5.27. The molecule has 2 heterocycles. The van der Waals surface area contributed by atoms with Crippen molar-refractivity contribution < 1.29 is 9.90 Å². The van der Waals surface area contributed by atoms with Crippen molar-refractivity contribution in [2.75, 3.05) is 20.1 Å². The predicted molar refractivity (Wildman–Crippen MR) is 137 cm³/mol. The van der Waals surface area contributed by atoms with Gasteiger partial charge in [0.2, 0.25) is 0 Å². The van der Waals surface area contributed by atoms with Crippen LogP contribution < -0.4 is 11.1 Å². The number of carboxylic acids is 1. The molecule has 1 aromatic heterocycles. The van der Waals surface area contributed by atoms with Gasteiger partial charge in [0.15, 0.2) is 0 Å². The van der Waals surface area contributed by atoms with Gasteiger partial charge in [0.1, 0.15) is 5.56 Å². The van der Waals surface area contributed by atoms with Crippen molar-refractivity contribution in [3.63, 3.8) is 0 Å². The van der Waals surface area contributed by atoms with Gasteiger partial charge in [-0.1, -0.05) is 36.8 Å². The first-order chi connectivity index (χ1) is 17.0. The second-order valence-corrected chi connectivity index (χ2v) is 9.63. The lowest BCUT2D eigenvalue weighted by atomic mass is 10.0. The van der Waals surface area contributed by atoms with E-state index in [4.69, 9.17) is 5.73 Å². The maximum atomic E-state index is 12.0. The van der Waals surface area contributed by atoms with Crippen LogP contribution >= 0.6 is 0 Å². The van der Waals surface area contributed by atoms with Crippen LogP contribution in [0.2, 0.25) is 0 Å². The van der Waals surface area contributed by atoms with Crippen LogP contribution in [0.4, 0.5) is 0 Å². The Bertz CT molecular complexity index is 1240. The molecule has 2 atom stereocenters. The number of nitrogens with zero attached hydrogens (tertiary/aromatic N) is 3. The molecule has 1 saturated carbocycles. The Kier molecular flexibility index (Phi) is 6.59. The van der Waals surface area contributed by atoms with Gasteiger partial charge in [0.05, 0.1) is 17.6 Å². The first-order valence-corrected chi connectivity index (χ1v) is 12.4. The Balaban J connectivity index is 1.45. The zero-order chi connectivity index (χ0) is 24.4. The summed E-state index contributed by atoms with van der Waals surface area (Å²) in [5.41, 5.74) is 12.3. The molecular formula is C28H33N5O2. The number of carbonyl (C=O) groups is 1. The molecule has 0 radical (unpaired) electrons. The molecule has 1 unspecified atom stereocenters. The lowest BCUT2D eigenvalue weighted by Crippen LogP contribution is -2.29. The Morgan fingerprint density at radius 1 is 1.14 bits per heavy atom. The Labute approximate surface area is 206 Å². The number of aromatic carboxylic acids is 1. The number of rotatable bonds is 8. The highest BCUT2D eigenvalue weighted by Crippen LogP contribution is 2.51. The molecule has 1 aliphatic carbocycles. The van der Waals surface area contributed by atoms with Crippen LogP contribution in [-0.4, -0.2) is 45.9 Å². The number of likely N-dealkylation sites (tertiary alicyclic amines) is 1. The van der Waals surface area contributed by atoms with Crippen molar-refractivity contribution in [1.82, 2.24) is 20.0 Å². The van der Waals surface area contributed by atoms with E-state index in [-0.39, 0.29) is 17.4 Å². The van der Waals surface area contributed by atoms with E-state index in [2.05, 4.69) is 51.7 Å². The van der Waals surface area contributed by atoms with E-state index in [1.54, 1.807) is 10.9 Å². The zero-order valence-electron chi connectivity index (χ0n) is 20.2. The summed E-state index contributed by atoms with van der Waals surface area (Å²) in [6.45, 7) is 3.32. The van der Waals surface area contributed by atoms with Crippen molar-refractivity contribution in [3.05, 3.63) is 83.4 Å². The highest BCUT2D eigenvalue weighted by molar-refractivity contribution is 5.89. The quantitative estimate of drug-likeness (QED) is 0.452. The summed E-state index contributed by atoms with van der Waals surface area (Å²) in [5, 5.41) is 17.3. The average Bonchev–Trinajstić information content (AvgIpc) is 3.54. The van der Waals surface area contributed by atoms with Crippen molar-refractivity contribution >= 4 is 5.97 Å². The highest BCUT2D eigenvalue weighted by atomic mass is 16.4. The standard InChI is InChI=1S/C28H33N5O2/c1-30-17-26(29)23-15-24(23)27-25(28(34)35)16-31-33(27)22-10-6-9-21(14-22)20-8-5-7-19(13-20)18-32-11-3-2-4-12-32/h5-10,13-14,16-17,23-24,30H,2-4,11-12,15,18,29H2,1H3,(H,34,35)/b26-17-/t23?,24-/m1/s1. The monoisotopic (exact) mass is 471 g/mol. The molecule has 0 spiro atoms. The number of piperidine rings is 1. The molecule has 7 nitrogen and oxygen atoms in total. The molecule has 0 bridgehead atoms. The van der Waals surface area contributed by atoms with E-state index in [9.17, 15) is 9.90 Å². The number of carboxylic acid groups (broad SMARTS) is 1. The minimum Gasteiger partial charge on any atom is -0.478 e. The van der Waals surface area contributed by atoms with Gasteiger partial charge in [-0.3, -0.25) is 4.90 Å². The Morgan fingerprint density at radius 2 is 1.89 bits per heavy atom. The summed E-state index contributed by atoms with van der Waals surface area (Å²) in [6, 6.07) is 16.9. The number of nitrogens with two attached hydrogens (primary N) is 1. The fraction of sp³-hybridized carbons (Fsp3) is 0.357. The van der Waals surface area contributed by atoms with Gasteiger partial charge >= 0.3 is 5.97 Å². The normalized spacial score (nSPS) is 20.5. The van der Waals surface area contributed by atoms with Crippen molar-refractivity contribution in [3.8, 4) is 16.8 Å². The molecule has 5 rings (SSSR count). The van der Waals surface area contributed by atoms with E-state index < -0.39 is 5.97 Å². The molecule has 1 aliphatic heterocycles. The lowest BCUT2D eigenvalue weighted by Gasteiger charge is -2.26. The first-order valence-electron chi connectivity index (χ1n) is 12.4. The highest BCUT2D eigenvalue weighted by Gasteiger charge is 2.45. The third-order valence-corrected chi connectivity index (χ3v) is 7.12. The smallest absolute Gasteiger partial charge is 0.339 e. The van der Waals surface area contributed by atoms with E-state index in [1.165, 1.54) is 44.1 Å². The van der Waals surface area contributed by atoms with E-state index >= 15 is 0 Å². The SMILES string of the molecule is CN/C=C(\N)C1C[C@H]1c1c(C(=O)O)cnn1-c1cccc(-c2cccc(CN3CCCCC3)c2)c1. The van der Waals surface area contributed by atoms with Crippen molar-refractivity contribution in [1.29, 1.82) is 0 Å². The summed E-state index contributed by atoms with van der Waals surface area (Å²) in [7, 11) is 1.81. The third-order valence-electron chi connectivity index (χ3n) is 7.12. The number of hydrogen-bond acceptors (Lipinski definition) is 5. The number of aromatic nitrogens is 2. The number of allylic oxidation sites excluding steroid dienone is 1. The van der Waals surface area contributed by atoms with Crippen LogP contribution in [0.1, 0.15) is 53.2 Å². The van der Waals surface area contributed by atoms with Crippen molar-refractivity contribution in [2.45, 2.75) is 38.1 Å². The van der Waals surface area contributed by atoms with Gasteiger partial charge < -0.3 is 16.2 Å². The molecule has 7 heteroatoms. The second kappa shape index (κ2) is 9.96. The summed E-state index contributed by atoms with van der Waals surface area (Å²) in [4.78, 5) is 14.5. The van der Waals surface area contributed by atoms with Crippen molar-refractivity contribution in [2.24, 2.45) is 11.7 Å². The number of hydrogen-bond donors (Lipinski definition) is 3. The molecule has 35 heavy (non-hydrogen) atoms. The zero-order valence-corrected chi connectivity index (χ0v) is 20.2. The van der Waals surface area contributed by atoms with Gasteiger partial charge in [0, 0.05) is 37.3 Å². The van der Waals surface area contributed by atoms with Crippen LogP contribution in [0, 0.1) is 5.92 Å². The molecule has 1 saturated heterocycles. The maximum Gasteiger partial charge on any atom is 0.339 e. The Hall–Kier alpha value is -3.58. The molecule has 2 aromatic carbocycles. The van der Waals surface area contributed by atoms with Crippen LogP contribution in [0.3, 0.4) is 0 Å². The Morgan fingerprint density at radius 3 is 2.63 bits per heavy atom. The molecule has 4 N–H and O–H groups in total. The molecule has 2 aliphatic rings. The molecule has 182 valence electrons. The lowest BCUT2D eigenvalue weighted by molar-refractivity contribution is 0.0695. The van der Waals surface area contributed by atoms with Crippen LogP contribution in [0.5, 0.6) is 0 Å². The van der Waals surface area contributed by atoms with Gasteiger partial charge in [-0.15, -0.1) is 0 Å². The maximum absolute atomic E-state index is 12.0. The summed E-state index contributed by atoms with van der Waals surface area (Å²) >= 11 is 0. The molecule has 0 amide bonds. The topological polar surface area (TPSA) is 96.4 Å². The number of benzene rings is 2. The predicted octanol–water partition coefficient (Wildman–Crippen LogP) is 4.35. The molecule has 2 fully saturated rings. The number of nitrogens with one attached hydrogen (secondary N) is 1.